The van der Waals surface area contributed by atoms with Crippen molar-refractivity contribution in [3.8, 4) is 11.5 Å². The van der Waals surface area contributed by atoms with Gasteiger partial charge in [0.25, 0.3) is 0 Å². The third-order valence-electron chi connectivity index (χ3n) is 3.07. The molecule has 0 saturated heterocycles. The topological polar surface area (TPSA) is 103 Å². The number of nitrogens with zero attached hydrogens (tertiary/aromatic N) is 3. The van der Waals surface area contributed by atoms with E-state index in [1.165, 1.54) is 0 Å². The lowest BCUT2D eigenvalue weighted by atomic mass is 10.2. The first kappa shape index (κ1) is 14.8. The van der Waals surface area contributed by atoms with Crippen molar-refractivity contribution in [3.05, 3.63) is 52.7 Å². The Morgan fingerprint density at radius 2 is 2.09 bits per heavy atom. The standard InChI is InChI=1S/C15H14N4O4/c1-10-9-12(18-23-10)16-13(20)7-8-19-15(21)22-14(17-19)11-5-3-2-4-6-11/h2-6,9H,7-8H2,1H3,(H,16,18,20). The van der Waals surface area contributed by atoms with E-state index in [0.29, 0.717) is 17.1 Å². The van der Waals surface area contributed by atoms with E-state index in [2.05, 4.69) is 15.6 Å². The van der Waals surface area contributed by atoms with Crippen molar-refractivity contribution in [2.24, 2.45) is 0 Å². The van der Waals surface area contributed by atoms with Crippen LogP contribution >= 0.6 is 0 Å². The third-order valence-corrected chi connectivity index (χ3v) is 3.07. The highest BCUT2D eigenvalue weighted by atomic mass is 16.5. The van der Waals surface area contributed by atoms with Crippen LogP contribution in [0, 0.1) is 6.92 Å². The molecule has 1 amide bonds. The number of aryl methyl sites for hydroxylation is 2. The van der Waals surface area contributed by atoms with Gasteiger partial charge in [-0.1, -0.05) is 23.4 Å². The minimum absolute atomic E-state index is 0.0621. The van der Waals surface area contributed by atoms with Crippen LogP contribution in [0.25, 0.3) is 11.5 Å². The fourth-order valence-corrected chi connectivity index (χ4v) is 1.98. The van der Waals surface area contributed by atoms with Gasteiger partial charge in [0.05, 0.1) is 6.54 Å². The maximum absolute atomic E-state index is 11.8. The smallest absolute Gasteiger partial charge is 0.388 e. The van der Waals surface area contributed by atoms with Gasteiger partial charge in [0.15, 0.2) is 5.82 Å². The first-order chi connectivity index (χ1) is 11.1. The van der Waals surface area contributed by atoms with E-state index in [-0.39, 0.29) is 24.8 Å². The van der Waals surface area contributed by atoms with Gasteiger partial charge in [-0.05, 0) is 19.1 Å². The second-order valence-corrected chi connectivity index (χ2v) is 4.88. The lowest BCUT2D eigenvalue weighted by molar-refractivity contribution is -0.116. The van der Waals surface area contributed by atoms with Gasteiger partial charge in [-0.25, -0.2) is 4.79 Å². The second kappa shape index (κ2) is 6.30. The first-order valence-electron chi connectivity index (χ1n) is 6.98. The zero-order valence-corrected chi connectivity index (χ0v) is 12.4. The van der Waals surface area contributed by atoms with E-state index in [0.717, 1.165) is 4.68 Å². The fourth-order valence-electron chi connectivity index (χ4n) is 1.98. The number of aromatic nitrogens is 3. The van der Waals surface area contributed by atoms with Crippen LogP contribution in [0.1, 0.15) is 12.2 Å². The number of nitrogens with one attached hydrogen (secondary N) is 1. The fraction of sp³-hybridized carbons (Fsp3) is 0.200. The van der Waals surface area contributed by atoms with Gasteiger partial charge in [-0.3, -0.25) is 4.79 Å². The van der Waals surface area contributed by atoms with Gasteiger partial charge in [-0.2, -0.15) is 4.68 Å². The molecule has 0 spiro atoms. The Morgan fingerprint density at radius 1 is 1.30 bits per heavy atom. The van der Waals surface area contributed by atoms with Crippen LogP contribution < -0.4 is 11.1 Å². The van der Waals surface area contributed by atoms with Crippen LogP contribution in [-0.4, -0.2) is 20.8 Å². The number of carbonyl (C=O) groups excluding carboxylic acids is 1. The molecule has 1 N–H and O–H groups in total. The van der Waals surface area contributed by atoms with Crippen LogP contribution in [0.2, 0.25) is 0 Å². The molecule has 118 valence electrons. The number of amides is 1. The summed E-state index contributed by atoms with van der Waals surface area (Å²) in [4.78, 5) is 23.6. The third kappa shape index (κ3) is 3.54. The molecule has 8 nitrogen and oxygen atoms in total. The molecule has 0 saturated carbocycles. The molecule has 0 bridgehead atoms. The van der Waals surface area contributed by atoms with Crippen molar-refractivity contribution >= 4 is 11.7 Å². The summed E-state index contributed by atoms with van der Waals surface area (Å²) in [6.07, 6.45) is 0.0621. The SMILES string of the molecule is Cc1cc(NC(=O)CCn2nc(-c3ccccc3)oc2=O)no1. The molecule has 0 atom stereocenters. The average molecular weight is 314 g/mol. The lowest BCUT2D eigenvalue weighted by Gasteiger charge is -2.00. The molecule has 0 aliphatic carbocycles. The maximum Gasteiger partial charge on any atom is 0.437 e. The summed E-state index contributed by atoms with van der Waals surface area (Å²) in [6.45, 7) is 1.83. The van der Waals surface area contributed by atoms with Crippen LogP contribution in [0.3, 0.4) is 0 Å². The zero-order chi connectivity index (χ0) is 16.2. The van der Waals surface area contributed by atoms with Crippen molar-refractivity contribution in [3.63, 3.8) is 0 Å². The number of hydrogen-bond donors (Lipinski definition) is 1. The van der Waals surface area contributed by atoms with Gasteiger partial charge in [-0.15, -0.1) is 5.10 Å². The number of carbonyl (C=O) groups is 1. The van der Waals surface area contributed by atoms with Gasteiger partial charge in [0.2, 0.25) is 11.8 Å². The van der Waals surface area contributed by atoms with Crippen LogP contribution in [0.5, 0.6) is 0 Å². The van der Waals surface area contributed by atoms with Gasteiger partial charge < -0.3 is 14.3 Å². The van der Waals surface area contributed by atoms with E-state index >= 15 is 0 Å². The minimum Gasteiger partial charge on any atom is -0.388 e. The first-order valence-corrected chi connectivity index (χ1v) is 6.98. The summed E-state index contributed by atoms with van der Waals surface area (Å²) in [5.41, 5.74) is 0.700. The lowest BCUT2D eigenvalue weighted by Crippen LogP contribution is -2.21. The average Bonchev–Trinajstić information content (AvgIpc) is 3.12. The Labute approximate surface area is 130 Å². The Bertz CT molecular complexity index is 863. The molecule has 3 rings (SSSR count). The molecular weight excluding hydrogens is 300 g/mol. The number of anilines is 1. The van der Waals surface area contributed by atoms with Crippen molar-refractivity contribution in [2.75, 3.05) is 5.32 Å². The Balaban J connectivity index is 1.63. The summed E-state index contributed by atoms with van der Waals surface area (Å²) < 4.78 is 11.1. The molecule has 23 heavy (non-hydrogen) atoms. The monoisotopic (exact) mass is 314 g/mol. The molecule has 0 aliphatic heterocycles. The van der Waals surface area contributed by atoms with Crippen LogP contribution in [0.15, 0.2) is 50.1 Å². The van der Waals surface area contributed by atoms with E-state index in [4.69, 9.17) is 8.94 Å². The molecule has 0 fully saturated rings. The van der Waals surface area contributed by atoms with Crippen LogP contribution in [0.4, 0.5) is 5.82 Å². The molecule has 8 heteroatoms. The van der Waals surface area contributed by atoms with Crippen molar-refractivity contribution in [1.29, 1.82) is 0 Å². The van der Waals surface area contributed by atoms with Crippen molar-refractivity contribution < 1.29 is 13.7 Å². The van der Waals surface area contributed by atoms with E-state index in [9.17, 15) is 9.59 Å². The summed E-state index contributed by atoms with van der Waals surface area (Å²) in [5.74, 6) is 0.261. The quantitative estimate of drug-likeness (QED) is 0.770. The van der Waals surface area contributed by atoms with Gasteiger partial charge >= 0.3 is 5.76 Å². The van der Waals surface area contributed by atoms with Gasteiger partial charge in [0, 0.05) is 18.1 Å². The normalized spacial score (nSPS) is 10.7. The Kier molecular flexibility index (Phi) is 4.05. The molecule has 0 unspecified atom stereocenters. The predicted octanol–water partition coefficient (Wildman–Crippen LogP) is 1.83. The van der Waals surface area contributed by atoms with E-state index in [1.807, 2.05) is 18.2 Å². The highest BCUT2D eigenvalue weighted by Gasteiger charge is 2.12. The summed E-state index contributed by atoms with van der Waals surface area (Å²) in [7, 11) is 0. The molecular formula is C15H14N4O4. The summed E-state index contributed by atoms with van der Waals surface area (Å²) in [6, 6.07) is 10.7. The van der Waals surface area contributed by atoms with Crippen molar-refractivity contribution in [2.45, 2.75) is 19.9 Å². The van der Waals surface area contributed by atoms with Crippen LogP contribution in [-0.2, 0) is 11.3 Å². The minimum atomic E-state index is -0.603. The molecule has 2 heterocycles. The van der Waals surface area contributed by atoms with E-state index in [1.54, 1.807) is 25.1 Å². The Hall–Kier alpha value is -3.16. The molecule has 0 aliphatic rings. The number of rotatable bonds is 5. The number of hydrogen-bond acceptors (Lipinski definition) is 6. The second-order valence-electron chi connectivity index (χ2n) is 4.88. The largest absolute Gasteiger partial charge is 0.437 e. The molecule has 2 aromatic heterocycles. The van der Waals surface area contributed by atoms with Gasteiger partial charge in [0.1, 0.15) is 5.76 Å². The maximum atomic E-state index is 11.8. The molecule has 1 aromatic carbocycles. The number of benzene rings is 1. The molecule has 0 radical (unpaired) electrons. The summed E-state index contributed by atoms with van der Waals surface area (Å²) in [5, 5.41) is 10.3. The highest BCUT2D eigenvalue weighted by molar-refractivity contribution is 5.89. The van der Waals surface area contributed by atoms with E-state index < -0.39 is 5.76 Å². The molecule has 3 aromatic rings. The predicted molar refractivity (Wildman–Crippen MR) is 80.7 cm³/mol. The van der Waals surface area contributed by atoms with Crippen molar-refractivity contribution in [1.82, 2.24) is 14.9 Å². The highest BCUT2D eigenvalue weighted by Crippen LogP contribution is 2.14. The Morgan fingerprint density at radius 3 is 2.78 bits per heavy atom. The summed E-state index contributed by atoms with van der Waals surface area (Å²) >= 11 is 0. The zero-order valence-electron chi connectivity index (χ0n) is 12.4.